The highest BCUT2D eigenvalue weighted by Gasteiger charge is 2.18. The summed E-state index contributed by atoms with van der Waals surface area (Å²) >= 11 is 5.99. The molecule has 0 aromatic heterocycles. The molecule has 1 fully saturated rings. The van der Waals surface area contributed by atoms with Crippen LogP contribution in [0.4, 0.5) is 0 Å². The van der Waals surface area contributed by atoms with Crippen LogP contribution in [0.2, 0.25) is 5.02 Å². The van der Waals surface area contributed by atoms with Crippen LogP contribution in [0.5, 0.6) is 0 Å². The number of sulfonamides is 1. The molecule has 5 nitrogen and oxygen atoms in total. The van der Waals surface area contributed by atoms with Gasteiger partial charge in [-0.2, -0.15) is 0 Å². The lowest BCUT2D eigenvalue weighted by molar-refractivity contribution is 0.334. The van der Waals surface area contributed by atoms with Gasteiger partial charge in [0.05, 0.1) is 5.02 Å². The Morgan fingerprint density at radius 3 is 2.67 bits per heavy atom. The number of likely N-dealkylation sites (tertiary alicyclic amines) is 1. The minimum absolute atomic E-state index is 0.105. The van der Waals surface area contributed by atoms with Crippen molar-refractivity contribution in [2.45, 2.75) is 30.7 Å². The lowest BCUT2D eigenvalue weighted by atomic mass is 10.2. The maximum atomic E-state index is 12.3. The normalized spacial score (nSPS) is 16.5. The molecule has 0 saturated carbocycles. The number of hydrogen-bond acceptors (Lipinski definition) is 4. The molecule has 1 saturated heterocycles. The average molecular weight is 332 g/mol. The second-order valence-electron chi connectivity index (χ2n) is 5.27. The molecule has 21 heavy (non-hydrogen) atoms. The van der Waals surface area contributed by atoms with Gasteiger partial charge in [0.15, 0.2) is 0 Å². The van der Waals surface area contributed by atoms with Crippen LogP contribution < -0.4 is 10.5 Å². The number of hydrogen-bond donors (Lipinski definition) is 2. The highest BCUT2D eigenvalue weighted by atomic mass is 35.5. The van der Waals surface area contributed by atoms with Crippen molar-refractivity contribution < 1.29 is 8.42 Å². The average Bonchev–Trinajstić information content (AvgIpc) is 2.97. The summed E-state index contributed by atoms with van der Waals surface area (Å²) in [6.45, 7) is 3.88. The number of nitrogens with one attached hydrogen (secondary N) is 1. The molecule has 7 heteroatoms. The van der Waals surface area contributed by atoms with Crippen molar-refractivity contribution >= 4 is 21.6 Å². The molecule has 1 aromatic rings. The number of nitrogens with two attached hydrogens (primary N) is 1. The summed E-state index contributed by atoms with van der Waals surface area (Å²) in [7, 11) is -3.58. The van der Waals surface area contributed by atoms with Crippen LogP contribution in [0, 0.1) is 0 Å². The summed E-state index contributed by atoms with van der Waals surface area (Å²) in [5, 5.41) is 0.222. The van der Waals surface area contributed by atoms with Crippen molar-refractivity contribution in [1.29, 1.82) is 0 Å². The summed E-state index contributed by atoms with van der Waals surface area (Å²) in [4.78, 5) is 2.46. The first-order chi connectivity index (χ1) is 10.0. The fourth-order valence-corrected chi connectivity index (χ4v) is 4.10. The Morgan fingerprint density at radius 1 is 1.29 bits per heavy atom. The first-order valence-corrected chi connectivity index (χ1v) is 9.09. The molecule has 1 aromatic carbocycles. The SMILES string of the molecule is NCc1ccc(Cl)c(S(=O)(=O)NCCCN2CCCC2)c1. The van der Waals surface area contributed by atoms with Crippen LogP contribution in [-0.4, -0.2) is 39.5 Å². The van der Waals surface area contributed by atoms with Crippen molar-refractivity contribution in [3.05, 3.63) is 28.8 Å². The zero-order valence-electron chi connectivity index (χ0n) is 12.0. The van der Waals surface area contributed by atoms with Crippen LogP contribution in [0.25, 0.3) is 0 Å². The third-order valence-electron chi connectivity index (χ3n) is 3.66. The largest absolute Gasteiger partial charge is 0.326 e. The molecule has 0 bridgehead atoms. The van der Waals surface area contributed by atoms with E-state index in [-0.39, 0.29) is 16.5 Å². The maximum absolute atomic E-state index is 12.3. The van der Waals surface area contributed by atoms with Gasteiger partial charge in [0.25, 0.3) is 0 Å². The minimum Gasteiger partial charge on any atom is -0.326 e. The molecule has 0 aliphatic carbocycles. The summed E-state index contributed by atoms with van der Waals surface area (Å²) < 4.78 is 27.1. The Hall–Kier alpha value is -0.660. The van der Waals surface area contributed by atoms with Gasteiger partial charge in [-0.05, 0) is 56.6 Å². The predicted molar refractivity (Wildman–Crippen MR) is 84.8 cm³/mol. The Morgan fingerprint density at radius 2 is 2.00 bits per heavy atom. The third kappa shape index (κ3) is 4.66. The van der Waals surface area contributed by atoms with Crippen LogP contribution >= 0.6 is 11.6 Å². The number of halogens is 1. The van der Waals surface area contributed by atoms with Gasteiger partial charge in [0.2, 0.25) is 10.0 Å². The van der Waals surface area contributed by atoms with Gasteiger partial charge in [-0.25, -0.2) is 13.1 Å². The molecule has 0 unspecified atom stereocenters. The first-order valence-electron chi connectivity index (χ1n) is 7.23. The Kier molecular flexibility index (Phi) is 6.01. The van der Waals surface area contributed by atoms with Gasteiger partial charge < -0.3 is 10.6 Å². The smallest absolute Gasteiger partial charge is 0.242 e. The lowest BCUT2D eigenvalue weighted by Crippen LogP contribution is -2.29. The van der Waals surface area contributed by atoms with Crippen LogP contribution in [-0.2, 0) is 16.6 Å². The van der Waals surface area contributed by atoms with E-state index >= 15 is 0 Å². The van der Waals surface area contributed by atoms with Crippen molar-refractivity contribution in [3.8, 4) is 0 Å². The molecular formula is C14H22ClN3O2S. The van der Waals surface area contributed by atoms with E-state index in [2.05, 4.69) is 9.62 Å². The molecule has 0 spiro atoms. The van der Waals surface area contributed by atoms with Crippen molar-refractivity contribution in [1.82, 2.24) is 9.62 Å². The zero-order chi connectivity index (χ0) is 15.3. The Balaban J connectivity index is 1.91. The first kappa shape index (κ1) is 16.7. The quantitative estimate of drug-likeness (QED) is 0.744. The van der Waals surface area contributed by atoms with Crippen LogP contribution in [0.15, 0.2) is 23.1 Å². The molecule has 118 valence electrons. The lowest BCUT2D eigenvalue weighted by Gasteiger charge is -2.14. The molecule has 1 aliphatic heterocycles. The molecule has 3 N–H and O–H groups in total. The highest BCUT2D eigenvalue weighted by molar-refractivity contribution is 7.89. The van der Waals surface area contributed by atoms with E-state index in [9.17, 15) is 8.42 Å². The molecule has 1 heterocycles. The standard InChI is InChI=1S/C14H22ClN3O2S/c15-13-5-4-12(11-16)10-14(13)21(19,20)17-6-3-9-18-7-1-2-8-18/h4-5,10,17H,1-3,6-9,11,16H2. The third-order valence-corrected chi connectivity index (χ3v) is 5.61. The van der Waals surface area contributed by atoms with Crippen molar-refractivity contribution in [2.24, 2.45) is 5.73 Å². The van der Waals surface area contributed by atoms with E-state index in [1.165, 1.54) is 18.9 Å². The van der Waals surface area contributed by atoms with Gasteiger partial charge in [0, 0.05) is 13.1 Å². The molecule has 2 rings (SSSR count). The van der Waals surface area contributed by atoms with Gasteiger partial charge in [0.1, 0.15) is 4.90 Å². The Bertz CT molecular complexity index is 572. The van der Waals surface area contributed by atoms with Crippen molar-refractivity contribution in [2.75, 3.05) is 26.2 Å². The maximum Gasteiger partial charge on any atom is 0.242 e. The topological polar surface area (TPSA) is 75.4 Å². The molecule has 0 atom stereocenters. The zero-order valence-corrected chi connectivity index (χ0v) is 13.6. The van der Waals surface area contributed by atoms with Crippen LogP contribution in [0.1, 0.15) is 24.8 Å². The molecule has 0 amide bonds. The van der Waals surface area contributed by atoms with E-state index in [1.54, 1.807) is 12.1 Å². The molecule has 0 radical (unpaired) electrons. The van der Waals surface area contributed by atoms with E-state index in [1.807, 2.05) is 0 Å². The Labute approximate surface area is 131 Å². The second kappa shape index (κ2) is 7.56. The van der Waals surface area contributed by atoms with Crippen LogP contribution in [0.3, 0.4) is 0 Å². The van der Waals surface area contributed by atoms with Gasteiger partial charge in [-0.3, -0.25) is 0 Å². The highest BCUT2D eigenvalue weighted by Crippen LogP contribution is 2.22. The van der Waals surface area contributed by atoms with E-state index in [4.69, 9.17) is 17.3 Å². The summed E-state index contributed by atoms with van der Waals surface area (Å²) in [5.41, 5.74) is 6.29. The van der Waals surface area contributed by atoms with E-state index in [0.29, 0.717) is 6.54 Å². The monoisotopic (exact) mass is 331 g/mol. The van der Waals surface area contributed by atoms with E-state index < -0.39 is 10.0 Å². The fourth-order valence-electron chi connectivity index (χ4n) is 2.47. The minimum atomic E-state index is -3.58. The van der Waals surface area contributed by atoms with Crippen molar-refractivity contribution in [3.63, 3.8) is 0 Å². The summed E-state index contributed by atoms with van der Waals surface area (Å²) in [5.74, 6) is 0. The number of rotatable bonds is 7. The van der Waals surface area contributed by atoms with Gasteiger partial charge in [-0.15, -0.1) is 0 Å². The number of nitrogens with zero attached hydrogens (tertiary/aromatic N) is 1. The van der Waals surface area contributed by atoms with E-state index in [0.717, 1.165) is 31.6 Å². The summed E-state index contributed by atoms with van der Waals surface area (Å²) in [6.07, 6.45) is 3.29. The molecular weight excluding hydrogens is 310 g/mol. The number of benzene rings is 1. The fraction of sp³-hybridized carbons (Fsp3) is 0.571. The second-order valence-corrected chi connectivity index (χ2v) is 7.41. The predicted octanol–water partition coefficient (Wildman–Crippen LogP) is 1.56. The molecule has 1 aliphatic rings. The summed E-state index contributed by atoms with van der Waals surface area (Å²) in [6, 6.07) is 4.84. The van der Waals surface area contributed by atoms with Gasteiger partial charge >= 0.3 is 0 Å². The van der Waals surface area contributed by atoms with Gasteiger partial charge in [-0.1, -0.05) is 17.7 Å².